The molecule has 1 saturated carbocycles. The number of nitrogens with one attached hydrogen (secondary N) is 2. The molecule has 0 saturated heterocycles. The zero-order valence-electron chi connectivity index (χ0n) is 11.9. The van der Waals surface area contributed by atoms with Crippen LogP contribution in [0, 0.1) is 5.92 Å². The Balaban J connectivity index is 0.00000200. The van der Waals surface area contributed by atoms with Crippen molar-refractivity contribution >= 4 is 29.9 Å². The van der Waals surface area contributed by atoms with Crippen LogP contribution in [0.4, 0.5) is 0 Å². The molecule has 1 aromatic rings. The molecule has 112 valence electrons. The van der Waals surface area contributed by atoms with E-state index in [2.05, 4.69) is 22.5 Å². The Kier molecular flexibility index (Phi) is 7.72. The number of halogens is 1. The zero-order chi connectivity index (χ0) is 13.5. The normalized spacial score (nSPS) is 14.6. The highest BCUT2D eigenvalue weighted by atomic mass is 127. The average Bonchev–Trinajstić information content (AvgIpc) is 3.20. The number of phenols is 1. The number of aromatic hydroxyl groups is 1. The Morgan fingerprint density at radius 3 is 2.80 bits per heavy atom. The minimum Gasteiger partial charge on any atom is -0.508 e. The lowest BCUT2D eigenvalue weighted by atomic mass is 10.1. The van der Waals surface area contributed by atoms with E-state index in [4.69, 9.17) is 0 Å². The number of aliphatic imine (C=N–C) groups is 1. The number of phenolic OH excluding ortho intramolecular Hbond substituents is 1. The molecule has 3 N–H and O–H groups in total. The monoisotopic (exact) mass is 389 g/mol. The van der Waals surface area contributed by atoms with Gasteiger partial charge >= 0.3 is 0 Å². The van der Waals surface area contributed by atoms with Gasteiger partial charge in [-0.2, -0.15) is 0 Å². The van der Waals surface area contributed by atoms with Crippen LogP contribution in [0.5, 0.6) is 5.75 Å². The summed E-state index contributed by atoms with van der Waals surface area (Å²) in [6.45, 7) is 4.70. The predicted octanol–water partition coefficient (Wildman–Crippen LogP) is 2.52. The van der Waals surface area contributed by atoms with Crippen LogP contribution in [0.25, 0.3) is 0 Å². The third kappa shape index (κ3) is 6.45. The van der Waals surface area contributed by atoms with E-state index in [-0.39, 0.29) is 24.0 Å². The molecule has 20 heavy (non-hydrogen) atoms. The van der Waals surface area contributed by atoms with Gasteiger partial charge in [-0.05, 0) is 49.8 Å². The van der Waals surface area contributed by atoms with Gasteiger partial charge in [0.1, 0.15) is 5.75 Å². The van der Waals surface area contributed by atoms with E-state index < -0.39 is 0 Å². The molecule has 4 nitrogen and oxygen atoms in total. The molecule has 0 radical (unpaired) electrons. The Morgan fingerprint density at radius 2 is 2.15 bits per heavy atom. The third-order valence-electron chi connectivity index (χ3n) is 3.17. The van der Waals surface area contributed by atoms with Crippen LogP contribution in [0.2, 0.25) is 0 Å². The van der Waals surface area contributed by atoms with Gasteiger partial charge < -0.3 is 15.7 Å². The smallest absolute Gasteiger partial charge is 0.191 e. The first-order valence-corrected chi connectivity index (χ1v) is 7.08. The van der Waals surface area contributed by atoms with Crippen LogP contribution in [-0.4, -0.2) is 30.7 Å². The van der Waals surface area contributed by atoms with Crippen molar-refractivity contribution in [1.29, 1.82) is 0 Å². The fraction of sp³-hybridized carbons (Fsp3) is 0.533. The number of hydrogen-bond donors (Lipinski definition) is 3. The van der Waals surface area contributed by atoms with Crippen molar-refractivity contribution in [2.24, 2.45) is 10.9 Å². The number of guanidine groups is 1. The molecule has 1 aromatic carbocycles. The Bertz CT molecular complexity index is 433. The molecule has 0 aromatic heterocycles. The molecule has 1 aliphatic rings. The van der Waals surface area contributed by atoms with Gasteiger partial charge in [0.25, 0.3) is 0 Å². The van der Waals surface area contributed by atoms with Crippen molar-refractivity contribution in [1.82, 2.24) is 10.6 Å². The highest BCUT2D eigenvalue weighted by Gasteiger charge is 2.20. The molecular formula is C15H24IN3O. The van der Waals surface area contributed by atoms with Crippen LogP contribution in [0.1, 0.15) is 25.3 Å². The maximum atomic E-state index is 9.40. The van der Waals surface area contributed by atoms with E-state index in [1.807, 2.05) is 12.1 Å². The van der Waals surface area contributed by atoms with Gasteiger partial charge in [0, 0.05) is 19.6 Å². The summed E-state index contributed by atoms with van der Waals surface area (Å²) in [5.41, 5.74) is 1.13. The van der Waals surface area contributed by atoms with Crippen molar-refractivity contribution in [3.8, 4) is 5.75 Å². The Hall–Kier alpha value is -0.980. The van der Waals surface area contributed by atoms with Crippen molar-refractivity contribution in [2.45, 2.75) is 26.2 Å². The summed E-state index contributed by atoms with van der Waals surface area (Å²) < 4.78 is 0. The van der Waals surface area contributed by atoms with Crippen LogP contribution < -0.4 is 10.6 Å². The average molecular weight is 389 g/mol. The van der Waals surface area contributed by atoms with Crippen LogP contribution in [0.3, 0.4) is 0 Å². The van der Waals surface area contributed by atoms with Crippen molar-refractivity contribution in [2.75, 3.05) is 19.6 Å². The highest BCUT2D eigenvalue weighted by Crippen LogP contribution is 2.28. The van der Waals surface area contributed by atoms with E-state index in [1.54, 1.807) is 12.1 Å². The largest absolute Gasteiger partial charge is 0.508 e. The van der Waals surface area contributed by atoms with E-state index >= 15 is 0 Å². The SMILES string of the molecule is CCNC(=NCC1CC1)NCCc1cccc(O)c1.I. The minimum atomic E-state index is 0. The van der Waals surface area contributed by atoms with Gasteiger partial charge in [-0.1, -0.05) is 12.1 Å². The lowest BCUT2D eigenvalue weighted by Crippen LogP contribution is -2.38. The maximum Gasteiger partial charge on any atom is 0.191 e. The van der Waals surface area contributed by atoms with E-state index in [1.165, 1.54) is 12.8 Å². The van der Waals surface area contributed by atoms with Crippen molar-refractivity contribution in [3.63, 3.8) is 0 Å². The molecule has 1 fully saturated rings. The summed E-state index contributed by atoms with van der Waals surface area (Å²) in [7, 11) is 0. The molecule has 0 aliphatic heterocycles. The highest BCUT2D eigenvalue weighted by molar-refractivity contribution is 14.0. The number of rotatable bonds is 6. The van der Waals surface area contributed by atoms with Gasteiger partial charge in [0.15, 0.2) is 5.96 Å². The first kappa shape index (κ1) is 17.1. The molecule has 1 aliphatic carbocycles. The van der Waals surface area contributed by atoms with E-state index in [0.717, 1.165) is 43.5 Å². The summed E-state index contributed by atoms with van der Waals surface area (Å²) >= 11 is 0. The molecule has 5 heteroatoms. The molecule has 0 unspecified atom stereocenters. The maximum absolute atomic E-state index is 9.40. The van der Waals surface area contributed by atoms with Crippen LogP contribution in [0.15, 0.2) is 29.3 Å². The fourth-order valence-corrected chi connectivity index (χ4v) is 1.90. The topological polar surface area (TPSA) is 56.7 Å². The first-order valence-electron chi connectivity index (χ1n) is 7.08. The summed E-state index contributed by atoms with van der Waals surface area (Å²) in [4.78, 5) is 4.57. The lowest BCUT2D eigenvalue weighted by molar-refractivity contribution is 0.474. The third-order valence-corrected chi connectivity index (χ3v) is 3.17. The molecule has 0 heterocycles. The van der Waals surface area contributed by atoms with E-state index in [9.17, 15) is 5.11 Å². The van der Waals surface area contributed by atoms with E-state index in [0.29, 0.717) is 5.75 Å². The Morgan fingerprint density at radius 1 is 1.35 bits per heavy atom. The van der Waals surface area contributed by atoms with Crippen LogP contribution in [-0.2, 0) is 6.42 Å². The predicted molar refractivity (Wildman–Crippen MR) is 93.9 cm³/mol. The van der Waals surface area contributed by atoms with Gasteiger partial charge in [0.2, 0.25) is 0 Å². The number of benzene rings is 1. The molecule has 2 rings (SSSR count). The summed E-state index contributed by atoms with van der Waals surface area (Å²) in [5, 5.41) is 16.0. The number of nitrogens with zero attached hydrogens (tertiary/aromatic N) is 1. The van der Waals surface area contributed by atoms with Gasteiger partial charge in [-0.3, -0.25) is 4.99 Å². The zero-order valence-corrected chi connectivity index (χ0v) is 14.3. The molecular weight excluding hydrogens is 365 g/mol. The van der Waals surface area contributed by atoms with Crippen molar-refractivity contribution in [3.05, 3.63) is 29.8 Å². The second-order valence-electron chi connectivity index (χ2n) is 5.01. The summed E-state index contributed by atoms with van der Waals surface area (Å²) in [6.07, 6.45) is 3.53. The Labute approximate surface area is 138 Å². The quantitative estimate of drug-likeness (QED) is 0.398. The van der Waals surface area contributed by atoms with Gasteiger partial charge in [0.05, 0.1) is 0 Å². The lowest BCUT2D eigenvalue weighted by Gasteiger charge is -2.11. The molecule has 0 spiro atoms. The van der Waals surface area contributed by atoms with Gasteiger partial charge in [-0.25, -0.2) is 0 Å². The van der Waals surface area contributed by atoms with Crippen LogP contribution >= 0.6 is 24.0 Å². The molecule has 0 amide bonds. The summed E-state index contributed by atoms with van der Waals surface area (Å²) in [6, 6.07) is 7.39. The second-order valence-corrected chi connectivity index (χ2v) is 5.01. The minimum absolute atomic E-state index is 0. The van der Waals surface area contributed by atoms with Gasteiger partial charge in [-0.15, -0.1) is 24.0 Å². The standard InChI is InChI=1S/C15H23N3O.HI/c1-2-16-15(18-11-13-6-7-13)17-9-8-12-4-3-5-14(19)10-12;/h3-5,10,13,19H,2,6-9,11H2,1H3,(H2,16,17,18);1H. The molecule has 0 atom stereocenters. The molecule has 0 bridgehead atoms. The second kappa shape index (κ2) is 9.05. The summed E-state index contributed by atoms with van der Waals surface area (Å²) in [5.74, 6) is 2.03. The fourth-order valence-electron chi connectivity index (χ4n) is 1.90. The number of hydrogen-bond acceptors (Lipinski definition) is 2. The first-order chi connectivity index (χ1) is 9.28. The van der Waals surface area contributed by atoms with Crippen molar-refractivity contribution < 1.29 is 5.11 Å².